The number of sulfonamides is 2. The van der Waals surface area contributed by atoms with Crippen LogP contribution in [0.2, 0.25) is 0 Å². The van der Waals surface area contributed by atoms with E-state index < -0.39 is 32.0 Å². The Kier molecular flexibility index (Phi) is 18.5. The number of hydrogen-bond acceptors (Lipinski definition) is 12. The first-order valence-corrected chi connectivity index (χ1v) is 28.2. The molecule has 0 fully saturated rings. The van der Waals surface area contributed by atoms with Crippen molar-refractivity contribution in [3.05, 3.63) is 142 Å². The van der Waals surface area contributed by atoms with Crippen molar-refractivity contribution in [2.75, 3.05) is 13.1 Å². The third-order valence-electron chi connectivity index (χ3n) is 13.8. The van der Waals surface area contributed by atoms with Crippen LogP contribution in [0.5, 0.6) is 11.5 Å². The molecule has 2 unspecified atom stereocenters. The van der Waals surface area contributed by atoms with E-state index in [1.165, 1.54) is 8.61 Å². The number of benzene rings is 4. The number of fused-ring (bicyclic) bond motifs is 2. The molecule has 6 aromatic rings. The van der Waals surface area contributed by atoms with E-state index in [1.54, 1.807) is 57.9 Å². The molecule has 0 spiro atoms. The van der Waals surface area contributed by atoms with E-state index in [9.17, 15) is 36.6 Å². The van der Waals surface area contributed by atoms with Crippen molar-refractivity contribution in [2.24, 2.45) is 0 Å². The van der Waals surface area contributed by atoms with Crippen LogP contribution in [0.15, 0.2) is 107 Å². The molecule has 2 aliphatic heterocycles. The maximum atomic E-state index is 13.6. The van der Waals surface area contributed by atoms with Gasteiger partial charge < -0.3 is 19.7 Å². The van der Waals surface area contributed by atoms with Crippen LogP contribution in [0.3, 0.4) is 0 Å². The molecule has 0 radical (unpaired) electrons. The van der Waals surface area contributed by atoms with Gasteiger partial charge in [-0.25, -0.2) is 16.8 Å². The number of aromatic nitrogens is 6. The van der Waals surface area contributed by atoms with Crippen molar-refractivity contribution in [1.29, 1.82) is 0 Å². The lowest BCUT2D eigenvalue weighted by Crippen LogP contribution is -2.36. The number of ether oxygens (including phenoxy) is 2. The third-order valence-corrected chi connectivity index (χ3v) is 17.5. The number of hydrogen-bond donors (Lipinski definition) is 2. The Balaban J connectivity index is 0.000000216. The Morgan fingerprint density at radius 2 is 1.00 bits per heavy atom. The van der Waals surface area contributed by atoms with E-state index in [1.807, 2.05) is 90.3 Å². The van der Waals surface area contributed by atoms with Crippen molar-refractivity contribution in [1.82, 2.24) is 38.6 Å². The molecule has 2 aliphatic rings. The maximum absolute atomic E-state index is 13.6. The summed E-state index contributed by atoms with van der Waals surface area (Å²) < 4.78 is 72.9. The summed E-state index contributed by atoms with van der Waals surface area (Å²) in [7, 11) is -7.56. The number of carbonyl (C=O) groups is 2. The minimum absolute atomic E-state index is 0.0223. The fourth-order valence-electron chi connectivity index (χ4n) is 9.27. The van der Waals surface area contributed by atoms with E-state index in [0.29, 0.717) is 50.0 Å². The van der Waals surface area contributed by atoms with Crippen LogP contribution in [0.25, 0.3) is 0 Å². The Labute approximate surface area is 434 Å². The Hall–Kier alpha value is -6.48. The maximum Gasteiger partial charge on any atom is 0.303 e. The van der Waals surface area contributed by atoms with Crippen LogP contribution in [0.1, 0.15) is 123 Å². The predicted octanol–water partition coefficient (Wildman–Crippen LogP) is 8.32. The van der Waals surface area contributed by atoms with Crippen molar-refractivity contribution < 1.29 is 46.1 Å². The van der Waals surface area contributed by atoms with E-state index in [0.717, 1.165) is 57.9 Å². The number of nitrogens with zero attached hydrogens (tertiary/aromatic N) is 8. The van der Waals surface area contributed by atoms with Crippen LogP contribution in [-0.2, 0) is 68.7 Å². The molecule has 4 heterocycles. The van der Waals surface area contributed by atoms with E-state index in [2.05, 4.69) is 20.6 Å². The van der Waals surface area contributed by atoms with E-state index in [4.69, 9.17) is 9.47 Å². The second-order valence-corrected chi connectivity index (χ2v) is 22.8. The first kappa shape index (κ1) is 55.3. The minimum atomic E-state index is -3.78. The highest BCUT2D eigenvalue weighted by atomic mass is 32.2. The van der Waals surface area contributed by atoms with Gasteiger partial charge in [0.05, 0.1) is 37.3 Å². The summed E-state index contributed by atoms with van der Waals surface area (Å²) in [5.41, 5.74) is 7.00. The van der Waals surface area contributed by atoms with Gasteiger partial charge in [0.25, 0.3) is 0 Å². The standard InChI is InChI=1S/2C27H34N4O5S/c2*1-4-24-18-31(37(34,35)26-9-7-6-8-25(26)36-24)16-22-14-20(11-10-19(22)3)21(15-27(32)33)12-13-23-17-30(5-2)29-28-23/h2*6-11,14,17,21,24H,4-5,12-13,15-16,18H2,1-3H3,(H,32,33)/t2*21?,24-/m11/s1. The summed E-state index contributed by atoms with van der Waals surface area (Å²) in [4.78, 5) is 23.7. The van der Waals surface area contributed by atoms with E-state index >= 15 is 0 Å². The second-order valence-electron chi connectivity index (χ2n) is 19.0. The van der Waals surface area contributed by atoms with Crippen LogP contribution in [-0.4, -0.2) is 103 Å². The SMILES string of the molecule is CC[C@@H]1CN(Cc2cc(C(CCc3cn(CC)nn3)CC(=O)O)ccc2C)S(=O)(=O)c2ccccc2O1.CC[C@@H]1CN(Cc2cc(C(CCc3cn(CC)nn3)CC(=O)O)ccc2C)S(=O)(=O)c2ccccc2O1. The molecule has 0 aliphatic carbocycles. The lowest BCUT2D eigenvalue weighted by atomic mass is 9.88. The highest BCUT2D eigenvalue weighted by Gasteiger charge is 2.36. The number of para-hydroxylation sites is 2. The van der Waals surface area contributed by atoms with Crippen LogP contribution < -0.4 is 9.47 Å². The van der Waals surface area contributed by atoms with Gasteiger partial charge in [0, 0.05) is 38.6 Å². The third kappa shape index (κ3) is 13.6. The van der Waals surface area contributed by atoms with Gasteiger partial charge in [-0.3, -0.25) is 19.0 Å². The molecule has 0 bridgehead atoms. The predicted molar refractivity (Wildman–Crippen MR) is 278 cm³/mol. The van der Waals surface area contributed by atoms with Crippen LogP contribution >= 0.6 is 0 Å². The molecule has 20 heteroatoms. The fraction of sp³-hybridized carbons (Fsp3) is 0.444. The summed E-state index contributed by atoms with van der Waals surface area (Å²) in [5, 5.41) is 35.7. The summed E-state index contributed by atoms with van der Waals surface area (Å²) >= 11 is 0. The van der Waals surface area contributed by atoms with Gasteiger partial charge in [0.1, 0.15) is 33.5 Å². The van der Waals surface area contributed by atoms with Gasteiger partial charge in [-0.05, 0) is 136 Å². The zero-order valence-electron chi connectivity index (χ0n) is 43.0. The molecule has 4 atom stereocenters. The molecule has 0 saturated heterocycles. The molecule has 0 amide bonds. The first-order valence-electron chi connectivity index (χ1n) is 25.3. The van der Waals surface area contributed by atoms with Gasteiger partial charge in [-0.15, -0.1) is 10.2 Å². The molecule has 396 valence electrons. The first-order chi connectivity index (χ1) is 35.4. The zero-order valence-corrected chi connectivity index (χ0v) is 44.6. The molecule has 74 heavy (non-hydrogen) atoms. The highest BCUT2D eigenvalue weighted by Crippen LogP contribution is 2.36. The largest absolute Gasteiger partial charge is 0.488 e. The summed E-state index contributed by atoms with van der Waals surface area (Å²) in [6, 6.07) is 25.2. The smallest absolute Gasteiger partial charge is 0.303 e. The molecule has 18 nitrogen and oxygen atoms in total. The molecular weight excluding hydrogens is 985 g/mol. The molecule has 2 N–H and O–H groups in total. The quantitative estimate of drug-likeness (QED) is 0.0733. The Bertz CT molecular complexity index is 2920. The zero-order chi connectivity index (χ0) is 53.2. The normalized spacial score (nSPS) is 18.0. The van der Waals surface area contributed by atoms with Crippen molar-refractivity contribution >= 4 is 32.0 Å². The monoisotopic (exact) mass is 1050 g/mol. The lowest BCUT2D eigenvalue weighted by molar-refractivity contribution is -0.138. The van der Waals surface area contributed by atoms with E-state index in [-0.39, 0.29) is 72.9 Å². The van der Waals surface area contributed by atoms with Crippen molar-refractivity contribution in [2.45, 2.75) is 153 Å². The average molecular weight is 1050 g/mol. The topological polar surface area (TPSA) is 229 Å². The van der Waals surface area contributed by atoms with Crippen LogP contribution in [0, 0.1) is 13.8 Å². The van der Waals surface area contributed by atoms with Crippen LogP contribution in [0.4, 0.5) is 0 Å². The van der Waals surface area contributed by atoms with Crippen molar-refractivity contribution in [3.8, 4) is 11.5 Å². The lowest BCUT2D eigenvalue weighted by Gasteiger charge is -2.24. The van der Waals surface area contributed by atoms with Gasteiger partial charge >= 0.3 is 11.9 Å². The molecule has 4 aromatic carbocycles. The van der Waals surface area contributed by atoms with Crippen molar-refractivity contribution in [3.63, 3.8) is 0 Å². The second kappa shape index (κ2) is 24.7. The van der Waals surface area contributed by atoms with Gasteiger partial charge in [-0.2, -0.15) is 8.61 Å². The number of carboxylic acid groups (broad SMARTS) is 2. The number of rotatable bonds is 20. The number of aryl methyl sites for hydroxylation is 6. The molecule has 2 aromatic heterocycles. The average Bonchev–Trinajstić information content (AvgIpc) is 4.02. The fourth-order valence-corrected chi connectivity index (χ4v) is 12.4. The minimum Gasteiger partial charge on any atom is -0.488 e. The summed E-state index contributed by atoms with van der Waals surface area (Å²) in [6.45, 7) is 14.1. The Morgan fingerprint density at radius 1 is 0.608 bits per heavy atom. The van der Waals surface area contributed by atoms with Gasteiger partial charge in [0.15, 0.2) is 0 Å². The highest BCUT2D eigenvalue weighted by molar-refractivity contribution is 7.89. The summed E-state index contributed by atoms with van der Waals surface area (Å²) in [6.07, 6.45) is 6.93. The number of aliphatic carboxylic acids is 2. The Morgan fingerprint density at radius 3 is 1.35 bits per heavy atom. The number of carboxylic acids is 2. The van der Waals surface area contributed by atoms with Gasteiger partial charge in [0.2, 0.25) is 20.0 Å². The summed E-state index contributed by atoms with van der Waals surface area (Å²) in [5.74, 6) is -1.47. The van der Waals surface area contributed by atoms with Gasteiger partial charge in [-0.1, -0.05) is 84.9 Å². The molecule has 8 rings (SSSR count). The molecule has 0 saturated carbocycles. The molecular formula is C54H68N8O10S2.